The molecular weight excluding hydrogens is 192 g/mol. The van der Waals surface area contributed by atoms with Gasteiger partial charge in [-0.15, -0.1) is 0 Å². The minimum absolute atomic E-state index is 0.964. The zero-order valence-electron chi connectivity index (χ0n) is 5.84. The van der Waals surface area contributed by atoms with Crippen LogP contribution in [0.3, 0.4) is 0 Å². The lowest BCUT2D eigenvalue weighted by Gasteiger charge is -2.07. The number of alkyl halides is 1. The summed E-state index contributed by atoms with van der Waals surface area (Å²) in [5.74, 6) is -1.53. The second-order valence-corrected chi connectivity index (χ2v) is 3.65. The molecule has 72 valence electrons. The molecule has 0 aromatic rings. The molecule has 2 atom stereocenters. The highest BCUT2D eigenvalue weighted by Gasteiger charge is 2.27. The second kappa shape index (κ2) is 3.78. The summed E-state index contributed by atoms with van der Waals surface area (Å²) >= 11 is 0. The molecule has 1 unspecified atom stereocenters. The molecule has 0 aromatic carbocycles. The van der Waals surface area contributed by atoms with Gasteiger partial charge in [-0.2, -0.15) is 8.42 Å². The number of halogens is 1. The summed E-state index contributed by atoms with van der Waals surface area (Å²) in [6, 6.07) is -1.64. The van der Waals surface area contributed by atoms with E-state index in [1.165, 1.54) is 0 Å². The van der Waals surface area contributed by atoms with Gasteiger partial charge in [0.15, 0.2) is 0 Å². The predicted octanol–water partition coefficient (Wildman–Crippen LogP) is -1.03. The third-order valence-corrected chi connectivity index (χ3v) is 1.92. The molecule has 8 heteroatoms. The van der Waals surface area contributed by atoms with Crippen LogP contribution in [-0.2, 0) is 14.9 Å². The number of hydrogen-bond donors (Lipinski definition) is 3. The van der Waals surface area contributed by atoms with Gasteiger partial charge in [0.1, 0.15) is 6.04 Å². The smallest absolute Gasteiger partial charge is 0.320 e. The summed E-state index contributed by atoms with van der Waals surface area (Å²) in [5.41, 5.74) is 2.15. The van der Waals surface area contributed by atoms with Crippen LogP contribution in [0.4, 0.5) is 4.39 Å². The van der Waals surface area contributed by atoms with Crippen LogP contribution >= 0.6 is 0 Å². The van der Waals surface area contributed by atoms with Crippen LogP contribution in [0, 0.1) is 0 Å². The Morgan fingerprint density at radius 1 is 1.58 bits per heavy atom. The average molecular weight is 200 g/mol. The van der Waals surface area contributed by atoms with Gasteiger partial charge in [0, 0.05) is 6.42 Å². The highest BCUT2D eigenvalue weighted by molar-refractivity contribution is 7.86. The fourth-order valence-electron chi connectivity index (χ4n) is 0.422. The average Bonchev–Trinajstić information content (AvgIpc) is 1.85. The SMILES string of the molecule is N[C@@H](CC([18F])S(=O)(=O)O)C(=O)O. The van der Waals surface area contributed by atoms with Gasteiger partial charge in [-0.05, 0) is 0 Å². The minimum atomic E-state index is -4.84. The first kappa shape index (κ1) is 11.3. The van der Waals surface area contributed by atoms with E-state index < -0.39 is 34.1 Å². The molecular formula is C4H8FNO5S. The van der Waals surface area contributed by atoms with Crippen molar-refractivity contribution in [1.82, 2.24) is 0 Å². The number of carbonyl (C=O) groups is 1. The molecule has 0 aliphatic carbocycles. The Kier molecular flexibility index (Phi) is 3.55. The maximum absolute atomic E-state index is 12.3. The van der Waals surface area contributed by atoms with E-state index in [1.54, 1.807) is 0 Å². The molecule has 12 heavy (non-hydrogen) atoms. The summed E-state index contributed by atoms with van der Waals surface area (Å²) < 4.78 is 40.4. The molecule has 0 aromatic heterocycles. The predicted molar refractivity (Wildman–Crippen MR) is 36.7 cm³/mol. The first-order valence-corrected chi connectivity index (χ1v) is 4.34. The number of aliphatic carboxylic acids is 1. The van der Waals surface area contributed by atoms with Gasteiger partial charge in [0.2, 0.25) is 5.50 Å². The van der Waals surface area contributed by atoms with Crippen LogP contribution in [0.15, 0.2) is 0 Å². The van der Waals surface area contributed by atoms with Gasteiger partial charge in [-0.1, -0.05) is 0 Å². The van der Waals surface area contributed by atoms with Gasteiger partial charge in [0.25, 0.3) is 10.1 Å². The monoisotopic (exact) mass is 200 g/mol. The number of rotatable bonds is 4. The van der Waals surface area contributed by atoms with Crippen molar-refractivity contribution in [2.24, 2.45) is 5.73 Å². The minimum Gasteiger partial charge on any atom is -0.480 e. The van der Waals surface area contributed by atoms with Crippen molar-refractivity contribution in [2.75, 3.05) is 0 Å². The van der Waals surface area contributed by atoms with Crippen LogP contribution in [0.25, 0.3) is 0 Å². The van der Waals surface area contributed by atoms with E-state index in [4.69, 9.17) is 15.4 Å². The van der Waals surface area contributed by atoms with Crippen LogP contribution in [0.1, 0.15) is 6.42 Å². The van der Waals surface area contributed by atoms with Gasteiger partial charge in [0.05, 0.1) is 0 Å². The largest absolute Gasteiger partial charge is 0.480 e. The Labute approximate surface area is 67.9 Å². The van der Waals surface area contributed by atoms with Crippen molar-refractivity contribution < 1.29 is 27.3 Å². The molecule has 0 aliphatic rings. The van der Waals surface area contributed by atoms with E-state index in [1.807, 2.05) is 0 Å². The molecule has 0 radical (unpaired) electrons. The van der Waals surface area contributed by atoms with E-state index in [9.17, 15) is 17.6 Å². The maximum atomic E-state index is 12.3. The van der Waals surface area contributed by atoms with E-state index in [2.05, 4.69) is 0 Å². The molecule has 4 N–H and O–H groups in total. The zero-order chi connectivity index (χ0) is 9.94. The van der Waals surface area contributed by atoms with Gasteiger partial charge < -0.3 is 10.8 Å². The first-order valence-electron chi connectivity index (χ1n) is 2.84. The van der Waals surface area contributed by atoms with E-state index in [0.717, 1.165) is 0 Å². The Hall–Kier alpha value is -0.730. The van der Waals surface area contributed by atoms with Crippen LogP contribution < -0.4 is 5.73 Å². The molecule has 0 aliphatic heterocycles. The lowest BCUT2D eigenvalue weighted by Crippen LogP contribution is -2.35. The standard InChI is InChI=1S/C4H8FNO5S/c5-3(12(9,10)11)1-2(6)4(7)8/h2-3H,1,6H2,(H,7,8)(H,9,10,11)/t2-,3?/m0/s1/i5-1. The molecule has 0 fully saturated rings. The second-order valence-electron chi connectivity index (χ2n) is 2.11. The van der Waals surface area contributed by atoms with Crippen molar-refractivity contribution in [2.45, 2.75) is 18.0 Å². The Morgan fingerprint density at radius 3 is 2.25 bits per heavy atom. The fourth-order valence-corrected chi connectivity index (χ4v) is 0.873. The summed E-state index contributed by atoms with van der Waals surface area (Å²) in [7, 11) is -4.84. The summed E-state index contributed by atoms with van der Waals surface area (Å²) in [6.07, 6.45) is -0.964. The van der Waals surface area contributed by atoms with E-state index in [-0.39, 0.29) is 0 Å². The van der Waals surface area contributed by atoms with Gasteiger partial charge in [-0.25, -0.2) is 4.39 Å². The Balaban J connectivity index is 4.20. The molecule has 0 spiro atoms. The van der Waals surface area contributed by atoms with Crippen molar-refractivity contribution in [3.63, 3.8) is 0 Å². The first-order chi connectivity index (χ1) is 5.25. The van der Waals surface area contributed by atoms with Crippen molar-refractivity contribution in [3.8, 4) is 0 Å². The Bertz CT molecular complexity index is 263. The fraction of sp³-hybridized carbons (Fsp3) is 0.750. The number of carboxylic acid groups (broad SMARTS) is 1. The lowest BCUT2D eigenvalue weighted by molar-refractivity contribution is -0.138. The van der Waals surface area contributed by atoms with E-state index >= 15 is 0 Å². The van der Waals surface area contributed by atoms with Crippen molar-refractivity contribution >= 4 is 16.1 Å². The molecule has 0 heterocycles. The molecule has 0 saturated heterocycles. The maximum Gasteiger partial charge on any atom is 0.320 e. The number of nitrogens with two attached hydrogens (primary N) is 1. The Morgan fingerprint density at radius 2 is 2.00 bits per heavy atom. The number of carboxylic acids is 1. The topological polar surface area (TPSA) is 118 Å². The van der Waals surface area contributed by atoms with Gasteiger partial charge >= 0.3 is 5.97 Å². The van der Waals surface area contributed by atoms with Crippen LogP contribution in [0.5, 0.6) is 0 Å². The van der Waals surface area contributed by atoms with Crippen molar-refractivity contribution in [1.29, 1.82) is 0 Å². The third-order valence-electron chi connectivity index (χ3n) is 1.08. The molecule has 0 rings (SSSR count). The third kappa shape index (κ3) is 3.60. The molecule has 6 nitrogen and oxygen atoms in total. The molecule has 0 bridgehead atoms. The quantitative estimate of drug-likeness (QED) is 0.499. The normalized spacial score (nSPS) is 16.9. The molecule has 0 saturated carbocycles. The highest BCUT2D eigenvalue weighted by Crippen LogP contribution is 2.07. The van der Waals surface area contributed by atoms with Crippen LogP contribution in [0.2, 0.25) is 0 Å². The highest BCUT2D eigenvalue weighted by atomic mass is 32.2. The number of hydrogen-bond acceptors (Lipinski definition) is 4. The molecule has 0 amide bonds. The van der Waals surface area contributed by atoms with Crippen LogP contribution in [-0.4, -0.2) is 35.6 Å². The summed E-state index contributed by atoms with van der Waals surface area (Å²) in [4.78, 5) is 9.99. The van der Waals surface area contributed by atoms with E-state index in [0.29, 0.717) is 0 Å². The summed E-state index contributed by atoms with van der Waals surface area (Å²) in [6.45, 7) is 0. The van der Waals surface area contributed by atoms with Gasteiger partial charge in [-0.3, -0.25) is 9.35 Å². The lowest BCUT2D eigenvalue weighted by atomic mass is 10.2. The summed E-state index contributed by atoms with van der Waals surface area (Å²) in [5, 5.41) is 8.13. The zero-order valence-corrected chi connectivity index (χ0v) is 6.66. The van der Waals surface area contributed by atoms with Crippen molar-refractivity contribution in [3.05, 3.63) is 0 Å².